The van der Waals surface area contributed by atoms with Crippen molar-refractivity contribution in [1.82, 2.24) is 4.90 Å². The molecule has 0 fully saturated rings. The number of ether oxygens (including phenoxy) is 3. The third-order valence-corrected chi connectivity index (χ3v) is 6.65. The molecule has 3 atom stereocenters. The van der Waals surface area contributed by atoms with Gasteiger partial charge in [-0.25, -0.2) is 9.59 Å². The number of amides is 2. The largest absolute Gasteiger partial charge is 0.497 e. The lowest BCUT2D eigenvalue weighted by Gasteiger charge is -2.38. The first-order valence-electron chi connectivity index (χ1n) is 12.3. The van der Waals surface area contributed by atoms with E-state index in [0.29, 0.717) is 24.4 Å². The van der Waals surface area contributed by atoms with Crippen LogP contribution in [-0.2, 0) is 21.5 Å². The molecule has 0 saturated heterocycles. The van der Waals surface area contributed by atoms with Crippen LogP contribution in [-0.4, -0.2) is 60.6 Å². The number of carbonyl (C=O) groups is 2. The van der Waals surface area contributed by atoms with Gasteiger partial charge in [0.05, 0.1) is 24.9 Å². The lowest BCUT2D eigenvalue weighted by Crippen LogP contribution is -2.53. The quantitative estimate of drug-likeness (QED) is 0.486. The van der Waals surface area contributed by atoms with E-state index >= 15 is 0 Å². The average Bonchev–Trinajstić information content (AvgIpc) is 3.13. The second-order valence-corrected chi connectivity index (χ2v) is 10.5. The van der Waals surface area contributed by atoms with E-state index in [9.17, 15) is 14.7 Å². The van der Waals surface area contributed by atoms with Gasteiger partial charge in [-0.3, -0.25) is 4.90 Å². The summed E-state index contributed by atoms with van der Waals surface area (Å²) in [6, 6.07) is 14.1. The van der Waals surface area contributed by atoms with Crippen molar-refractivity contribution in [3.05, 3.63) is 72.3 Å². The van der Waals surface area contributed by atoms with Crippen molar-refractivity contribution in [1.29, 1.82) is 0 Å². The van der Waals surface area contributed by atoms with E-state index in [2.05, 4.69) is 6.58 Å². The van der Waals surface area contributed by atoms with E-state index < -0.39 is 35.3 Å². The second-order valence-electron chi connectivity index (χ2n) is 10.5. The molecule has 1 heterocycles. The van der Waals surface area contributed by atoms with Crippen LogP contribution in [0, 0.1) is 0 Å². The van der Waals surface area contributed by atoms with Crippen molar-refractivity contribution in [2.45, 2.75) is 63.9 Å². The molecule has 37 heavy (non-hydrogen) atoms. The van der Waals surface area contributed by atoms with Gasteiger partial charge in [0.1, 0.15) is 18.0 Å². The van der Waals surface area contributed by atoms with Crippen molar-refractivity contribution >= 4 is 17.9 Å². The fourth-order valence-electron chi connectivity index (χ4n) is 4.68. The summed E-state index contributed by atoms with van der Waals surface area (Å²) in [5.74, 6) is 0.622. The number of benzene rings is 2. The molecule has 0 spiro atoms. The third-order valence-electron chi connectivity index (χ3n) is 6.65. The first-order valence-corrected chi connectivity index (χ1v) is 12.3. The monoisotopic (exact) mass is 510 g/mol. The molecule has 0 saturated carbocycles. The molecule has 1 aliphatic rings. The van der Waals surface area contributed by atoms with Crippen molar-refractivity contribution in [3.8, 4) is 5.75 Å². The Morgan fingerprint density at radius 2 is 1.89 bits per heavy atom. The van der Waals surface area contributed by atoms with Crippen molar-refractivity contribution in [3.63, 3.8) is 0 Å². The van der Waals surface area contributed by atoms with Gasteiger partial charge in [0, 0.05) is 19.0 Å². The van der Waals surface area contributed by atoms with Crippen LogP contribution in [0.25, 0.3) is 0 Å². The molecule has 8 heteroatoms. The van der Waals surface area contributed by atoms with Gasteiger partial charge in [-0.15, -0.1) is 6.58 Å². The summed E-state index contributed by atoms with van der Waals surface area (Å²) in [5.41, 5.74) is 0.898. The molecule has 0 unspecified atom stereocenters. The minimum absolute atomic E-state index is 0.0939. The Kier molecular flexibility index (Phi) is 8.53. The Morgan fingerprint density at radius 3 is 2.49 bits per heavy atom. The molecule has 3 rings (SSSR count). The maximum absolute atomic E-state index is 13.5. The number of anilines is 1. The van der Waals surface area contributed by atoms with Gasteiger partial charge in [-0.05, 0) is 56.5 Å². The predicted octanol–water partition coefficient (Wildman–Crippen LogP) is 5.28. The van der Waals surface area contributed by atoms with E-state index in [1.165, 1.54) is 15.9 Å². The Morgan fingerprint density at radius 1 is 1.22 bits per heavy atom. The number of methoxy groups -OCH3 is 1. The van der Waals surface area contributed by atoms with Gasteiger partial charge in [-0.2, -0.15) is 0 Å². The molecule has 0 aliphatic carbocycles. The normalized spacial score (nSPS) is 19.5. The Labute approximate surface area is 219 Å². The van der Waals surface area contributed by atoms with Gasteiger partial charge >= 0.3 is 12.2 Å². The molecule has 8 nitrogen and oxygen atoms in total. The molecule has 0 aromatic heterocycles. The number of carbonyl (C=O) groups excluding carboxylic acids is 2. The van der Waals surface area contributed by atoms with E-state index in [1.54, 1.807) is 26.3 Å². The van der Waals surface area contributed by atoms with Crippen molar-refractivity contribution in [2.24, 2.45) is 0 Å². The number of hydrogen-bond donors (Lipinski definition) is 1. The average molecular weight is 511 g/mol. The highest BCUT2D eigenvalue weighted by molar-refractivity contribution is 5.93. The van der Waals surface area contributed by atoms with Crippen LogP contribution in [0.2, 0.25) is 0 Å². The first-order chi connectivity index (χ1) is 17.4. The number of nitrogens with zero attached hydrogens (tertiary/aromatic N) is 2. The molecule has 2 aromatic rings. The number of aliphatic hydroxyl groups is 1. The predicted molar refractivity (Wildman–Crippen MR) is 143 cm³/mol. The van der Waals surface area contributed by atoms with Crippen LogP contribution in [0.1, 0.15) is 45.2 Å². The van der Waals surface area contributed by atoms with Crippen LogP contribution < -0.4 is 9.64 Å². The Hall–Kier alpha value is -3.52. The fraction of sp³-hybridized carbons (Fsp3) is 0.448. The number of hydrogen-bond acceptors (Lipinski definition) is 6. The molecule has 2 amide bonds. The first kappa shape index (κ1) is 28.1. The fourth-order valence-corrected chi connectivity index (χ4v) is 4.68. The zero-order chi connectivity index (χ0) is 27.4. The smallest absolute Gasteiger partial charge is 0.415 e. The number of aliphatic hydroxyl groups excluding tert-OH is 1. The van der Waals surface area contributed by atoms with Gasteiger partial charge in [0.15, 0.2) is 0 Å². The standard InChI is InChI=1S/C29H38N2O6/c1-8-24(32)25-29(5,16-17-30(6)26(33)37-28(2,3)4)22-18-21(35-7)14-15-23(22)31(25)27(34)36-19-20-12-10-9-11-13-20/h8-15,18,24-25,32H,1,16-17,19H2,2-7H3/t24-,25-,29-/m0/s1. The van der Waals surface area contributed by atoms with E-state index in [-0.39, 0.29) is 6.61 Å². The summed E-state index contributed by atoms with van der Waals surface area (Å²) in [6.07, 6.45) is -0.230. The molecule has 200 valence electrons. The second kappa shape index (κ2) is 11.3. The van der Waals surface area contributed by atoms with Crippen LogP contribution in [0.5, 0.6) is 5.75 Å². The number of fused-ring (bicyclic) bond motifs is 1. The van der Waals surface area contributed by atoms with Crippen molar-refractivity contribution < 1.29 is 28.9 Å². The third kappa shape index (κ3) is 6.25. The molecule has 1 aliphatic heterocycles. The molecule has 0 radical (unpaired) electrons. The summed E-state index contributed by atoms with van der Waals surface area (Å²) >= 11 is 0. The number of rotatable bonds is 8. The van der Waals surface area contributed by atoms with Gasteiger partial charge in [-0.1, -0.05) is 43.3 Å². The van der Waals surface area contributed by atoms with E-state index in [4.69, 9.17) is 14.2 Å². The summed E-state index contributed by atoms with van der Waals surface area (Å²) in [4.78, 5) is 29.1. The van der Waals surface area contributed by atoms with Crippen LogP contribution in [0.15, 0.2) is 61.2 Å². The zero-order valence-electron chi connectivity index (χ0n) is 22.6. The van der Waals surface area contributed by atoms with Crippen LogP contribution in [0.4, 0.5) is 15.3 Å². The maximum Gasteiger partial charge on any atom is 0.415 e. The zero-order valence-corrected chi connectivity index (χ0v) is 22.6. The van der Waals surface area contributed by atoms with E-state index in [0.717, 1.165) is 11.1 Å². The topological polar surface area (TPSA) is 88.5 Å². The van der Waals surface area contributed by atoms with Gasteiger partial charge in [0.2, 0.25) is 0 Å². The summed E-state index contributed by atoms with van der Waals surface area (Å²) in [6.45, 7) is 11.6. The van der Waals surface area contributed by atoms with Gasteiger partial charge in [0.25, 0.3) is 0 Å². The molecular weight excluding hydrogens is 472 g/mol. The highest BCUT2D eigenvalue weighted by Gasteiger charge is 2.53. The molecule has 0 bridgehead atoms. The lowest BCUT2D eigenvalue weighted by atomic mass is 9.73. The molecule has 2 aromatic carbocycles. The molecule has 1 N–H and O–H groups in total. The van der Waals surface area contributed by atoms with E-state index in [1.807, 2.05) is 64.1 Å². The lowest BCUT2D eigenvalue weighted by molar-refractivity contribution is 0.0280. The highest BCUT2D eigenvalue weighted by atomic mass is 16.6. The van der Waals surface area contributed by atoms with Crippen molar-refractivity contribution in [2.75, 3.05) is 25.6 Å². The minimum atomic E-state index is -1.06. The summed E-state index contributed by atoms with van der Waals surface area (Å²) < 4.78 is 16.7. The molecular formula is C29H38N2O6. The minimum Gasteiger partial charge on any atom is -0.497 e. The van der Waals surface area contributed by atoms with Gasteiger partial charge < -0.3 is 24.2 Å². The van der Waals surface area contributed by atoms with Crippen LogP contribution in [0.3, 0.4) is 0 Å². The SMILES string of the molecule is C=C[C@H](O)[C@@H]1N(C(=O)OCc2ccccc2)c2ccc(OC)cc2[C@]1(C)CCN(C)C(=O)OC(C)(C)C. The maximum atomic E-state index is 13.5. The summed E-state index contributed by atoms with van der Waals surface area (Å²) in [7, 11) is 3.25. The highest BCUT2D eigenvalue weighted by Crippen LogP contribution is 2.50. The summed E-state index contributed by atoms with van der Waals surface area (Å²) in [5, 5.41) is 11.1. The Bertz CT molecular complexity index is 1110. The van der Waals surface area contributed by atoms with Crippen LogP contribution >= 0.6 is 0 Å². The Balaban J connectivity index is 1.96.